The predicted octanol–water partition coefficient (Wildman–Crippen LogP) is 1.35. The van der Waals surface area contributed by atoms with Crippen LogP contribution < -0.4 is 5.73 Å². The van der Waals surface area contributed by atoms with Crippen molar-refractivity contribution in [1.82, 2.24) is 0 Å². The zero-order chi connectivity index (χ0) is 12.8. The molecule has 0 aliphatic heterocycles. The number of ether oxygens (including phenoxy) is 1. The summed E-state index contributed by atoms with van der Waals surface area (Å²) in [6, 6.07) is 5.62. The maximum absolute atomic E-state index is 12.8. The molecule has 2 N–H and O–H groups in total. The highest BCUT2D eigenvalue weighted by Gasteiger charge is 2.18. The number of rotatable bonds is 5. The molecule has 1 unspecified atom stereocenters. The summed E-state index contributed by atoms with van der Waals surface area (Å²) in [6.45, 7) is 0. The van der Waals surface area contributed by atoms with Gasteiger partial charge in [0, 0.05) is 12.3 Å². The van der Waals surface area contributed by atoms with Gasteiger partial charge in [0.1, 0.15) is 5.82 Å². The van der Waals surface area contributed by atoms with Crippen LogP contribution in [0.2, 0.25) is 0 Å². The van der Waals surface area contributed by atoms with E-state index < -0.39 is 11.9 Å². The molecule has 17 heavy (non-hydrogen) atoms. The summed E-state index contributed by atoms with van der Waals surface area (Å²) in [6.07, 6.45) is 0.0752. The molecule has 5 heteroatoms. The Balaban J connectivity index is 2.85. The van der Waals surface area contributed by atoms with Crippen LogP contribution in [0.1, 0.15) is 24.3 Å². The number of esters is 1. The Morgan fingerprint density at radius 1 is 1.29 bits per heavy atom. The molecule has 1 aromatic carbocycles. The number of primary amides is 1. The zero-order valence-corrected chi connectivity index (χ0v) is 9.48. The number of carbonyl (C=O) groups excluding carboxylic acids is 2. The van der Waals surface area contributed by atoms with Crippen LogP contribution >= 0.6 is 0 Å². The van der Waals surface area contributed by atoms with Gasteiger partial charge in [0.2, 0.25) is 5.91 Å². The van der Waals surface area contributed by atoms with E-state index in [0.717, 1.165) is 0 Å². The van der Waals surface area contributed by atoms with E-state index in [0.29, 0.717) is 5.56 Å². The molecule has 0 fully saturated rings. The average Bonchev–Trinajstić information content (AvgIpc) is 2.28. The second-order valence-electron chi connectivity index (χ2n) is 3.70. The van der Waals surface area contributed by atoms with Gasteiger partial charge in [0.15, 0.2) is 0 Å². The van der Waals surface area contributed by atoms with Gasteiger partial charge in [0.05, 0.1) is 13.5 Å². The lowest BCUT2D eigenvalue weighted by Gasteiger charge is -2.14. The Bertz CT molecular complexity index is 403. The first-order chi connectivity index (χ1) is 8.02. The Labute approximate surface area is 98.6 Å². The third-order valence-corrected chi connectivity index (χ3v) is 2.43. The van der Waals surface area contributed by atoms with Gasteiger partial charge in [-0.1, -0.05) is 12.1 Å². The molecule has 0 bridgehead atoms. The Hall–Kier alpha value is -1.91. The van der Waals surface area contributed by atoms with Gasteiger partial charge in [-0.3, -0.25) is 9.59 Å². The first-order valence-corrected chi connectivity index (χ1v) is 5.13. The molecule has 0 aromatic heterocycles. The number of hydrogen-bond donors (Lipinski definition) is 1. The summed E-state index contributed by atoms with van der Waals surface area (Å²) in [5.41, 5.74) is 5.80. The van der Waals surface area contributed by atoms with Crippen molar-refractivity contribution in [1.29, 1.82) is 0 Å². The fourth-order valence-electron chi connectivity index (χ4n) is 1.57. The van der Waals surface area contributed by atoms with Crippen molar-refractivity contribution < 1.29 is 18.7 Å². The number of amides is 1. The number of halogens is 1. The molecular formula is C12H14FNO3. The molecule has 0 spiro atoms. The first kappa shape index (κ1) is 13.2. The van der Waals surface area contributed by atoms with Crippen LogP contribution in [-0.4, -0.2) is 19.0 Å². The van der Waals surface area contributed by atoms with E-state index in [1.54, 1.807) is 0 Å². The van der Waals surface area contributed by atoms with Crippen molar-refractivity contribution >= 4 is 11.9 Å². The zero-order valence-electron chi connectivity index (χ0n) is 9.48. The van der Waals surface area contributed by atoms with E-state index in [2.05, 4.69) is 4.74 Å². The third kappa shape index (κ3) is 4.22. The minimum absolute atomic E-state index is 0.0285. The summed E-state index contributed by atoms with van der Waals surface area (Å²) in [5.74, 6) is -1.69. The van der Waals surface area contributed by atoms with Crippen molar-refractivity contribution in [3.05, 3.63) is 35.6 Å². The number of nitrogens with two attached hydrogens (primary N) is 1. The van der Waals surface area contributed by atoms with Gasteiger partial charge < -0.3 is 10.5 Å². The maximum Gasteiger partial charge on any atom is 0.306 e. The van der Waals surface area contributed by atoms with Gasteiger partial charge >= 0.3 is 5.97 Å². The van der Waals surface area contributed by atoms with Crippen molar-refractivity contribution in [2.75, 3.05) is 7.11 Å². The van der Waals surface area contributed by atoms with Crippen molar-refractivity contribution in [3.8, 4) is 0 Å². The minimum atomic E-state index is -0.511. The lowest BCUT2D eigenvalue weighted by atomic mass is 9.92. The maximum atomic E-state index is 12.8. The Kier molecular flexibility index (Phi) is 4.63. The van der Waals surface area contributed by atoms with Crippen LogP contribution in [0.5, 0.6) is 0 Å². The fourth-order valence-corrected chi connectivity index (χ4v) is 1.57. The Morgan fingerprint density at radius 2 is 1.88 bits per heavy atom. The van der Waals surface area contributed by atoms with Crippen molar-refractivity contribution in [2.45, 2.75) is 18.8 Å². The number of benzene rings is 1. The standard InChI is InChI=1S/C12H14FNO3/c1-17-12(16)7-9(6-11(14)15)8-2-4-10(13)5-3-8/h2-5,9H,6-7H2,1H3,(H2,14,15). The highest BCUT2D eigenvalue weighted by Crippen LogP contribution is 2.23. The quantitative estimate of drug-likeness (QED) is 0.788. The summed E-state index contributed by atoms with van der Waals surface area (Å²) < 4.78 is 17.3. The summed E-state index contributed by atoms with van der Waals surface area (Å²) >= 11 is 0. The van der Waals surface area contributed by atoms with Crippen LogP contribution in [0.25, 0.3) is 0 Å². The highest BCUT2D eigenvalue weighted by atomic mass is 19.1. The third-order valence-electron chi connectivity index (χ3n) is 2.43. The summed E-state index contributed by atoms with van der Waals surface area (Å²) in [5, 5.41) is 0. The fraction of sp³-hybridized carbons (Fsp3) is 0.333. The largest absolute Gasteiger partial charge is 0.469 e. The molecule has 1 rings (SSSR count). The monoisotopic (exact) mass is 239 g/mol. The molecule has 0 aliphatic rings. The van der Waals surface area contributed by atoms with E-state index in [1.807, 2.05) is 0 Å². The Morgan fingerprint density at radius 3 is 2.35 bits per heavy atom. The van der Waals surface area contributed by atoms with E-state index >= 15 is 0 Å². The van der Waals surface area contributed by atoms with Gasteiger partial charge in [-0.15, -0.1) is 0 Å². The average molecular weight is 239 g/mol. The number of carbonyl (C=O) groups is 2. The molecule has 0 aliphatic carbocycles. The van der Waals surface area contributed by atoms with Gasteiger partial charge in [0.25, 0.3) is 0 Å². The van der Waals surface area contributed by atoms with E-state index in [4.69, 9.17) is 5.73 Å². The molecule has 1 atom stereocenters. The normalized spacial score (nSPS) is 11.9. The lowest BCUT2D eigenvalue weighted by Crippen LogP contribution is -2.18. The van der Waals surface area contributed by atoms with Crippen LogP contribution in [0.4, 0.5) is 4.39 Å². The molecule has 92 valence electrons. The molecular weight excluding hydrogens is 225 g/mol. The van der Waals surface area contributed by atoms with E-state index in [-0.39, 0.29) is 24.6 Å². The van der Waals surface area contributed by atoms with Crippen molar-refractivity contribution in [2.24, 2.45) is 5.73 Å². The van der Waals surface area contributed by atoms with Crippen LogP contribution in [-0.2, 0) is 14.3 Å². The molecule has 0 saturated carbocycles. The molecule has 1 amide bonds. The van der Waals surface area contributed by atoms with Crippen LogP contribution in [0, 0.1) is 5.82 Å². The predicted molar refractivity (Wildman–Crippen MR) is 59.6 cm³/mol. The minimum Gasteiger partial charge on any atom is -0.469 e. The second-order valence-corrected chi connectivity index (χ2v) is 3.70. The lowest BCUT2D eigenvalue weighted by molar-refractivity contribution is -0.141. The van der Waals surface area contributed by atoms with Crippen LogP contribution in [0.15, 0.2) is 24.3 Å². The van der Waals surface area contributed by atoms with Gasteiger partial charge in [-0.05, 0) is 17.7 Å². The first-order valence-electron chi connectivity index (χ1n) is 5.13. The highest BCUT2D eigenvalue weighted by molar-refractivity contribution is 5.77. The topological polar surface area (TPSA) is 69.4 Å². The number of methoxy groups -OCH3 is 1. The number of hydrogen-bond acceptors (Lipinski definition) is 3. The molecule has 0 saturated heterocycles. The van der Waals surface area contributed by atoms with Crippen molar-refractivity contribution in [3.63, 3.8) is 0 Å². The molecule has 0 heterocycles. The SMILES string of the molecule is COC(=O)CC(CC(N)=O)c1ccc(F)cc1. The summed E-state index contributed by atoms with van der Waals surface area (Å²) in [7, 11) is 1.27. The molecule has 1 aromatic rings. The molecule has 4 nitrogen and oxygen atoms in total. The molecule has 0 radical (unpaired) electrons. The van der Waals surface area contributed by atoms with E-state index in [9.17, 15) is 14.0 Å². The van der Waals surface area contributed by atoms with Gasteiger partial charge in [-0.2, -0.15) is 0 Å². The second kappa shape index (κ2) is 5.98. The van der Waals surface area contributed by atoms with Crippen LogP contribution in [0.3, 0.4) is 0 Å². The smallest absolute Gasteiger partial charge is 0.306 e. The summed E-state index contributed by atoms with van der Waals surface area (Å²) in [4.78, 5) is 22.1. The van der Waals surface area contributed by atoms with E-state index in [1.165, 1.54) is 31.4 Å². The van der Waals surface area contributed by atoms with Gasteiger partial charge in [-0.25, -0.2) is 4.39 Å².